The van der Waals surface area contributed by atoms with Crippen molar-refractivity contribution >= 4 is 27.7 Å². The number of imide groups is 1. The van der Waals surface area contributed by atoms with Gasteiger partial charge in [0.1, 0.15) is 0 Å². The standard InChI is InChI=1S/C17H20BrNO2/c18-14-7-5-6-13(10-14)12-19-15(20)11-17(16(19)21)8-3-1-2-4-9-17/h5-7,10H,1-4,8-9,11-12H2. The van der Waals surface area contributed by atoms with Gasteiger partial charge >= 0.3 is 0 Å². The van der Waals surface area contributed by atoms with Crippen LogP contribution in [0.3, 0.4) is 0 Å². The van der Waals surface area contributed by atoms with Crippen LogP contribution in [-0.2, 0) is 16.1 Å². The summed E-state index contributed by atoms with van der Waals surface area (Å²) in [6, 6.07) is 7.82. The van der Waals surface area contributed by atoms with Crippen LogP contribution < -0.4 is 0 Å². The van der Waals surface area contributed by atoms with Crippen LogP contribution in [0.2, 0.25) is 0 Å². The molecule has 0 N–H and O–H groups in total. The molecule has 4 heteroatoms. The molecule has 1 heterocycles. The van der Waals surface area contributed by atoms with E-state index in [1.165, 1.54) is 17.7 Å². The monoisotopic (exact) mass is 349 g/mol. The highest BCUT2D eigenvalue weighted by Gasteiger charge is 2.50. The molecule has 1 saturated carbocycles. The maximum atomic E-state index is 12.8. The molecule has 3 nitrogen and oxygen atoms in total. The van der Waals surface area contributed by atoms with Gasteiger partial charge in [-0.25, -0.2) is 0 Å². The Kier molecular flexibility index (Phi) is 4.16. The van der Waals surface area contributed by atoms with Crippen molar-refractivity contribution in [2.24, 2.45) is 5.41 Å². The lowest BCUT2D eigenvalue weighted by Crippen LogP contribution is -2.35. The number of amides is 2. The average molecular weight is 350 g/mol. The summed E-state index contributed by atoms with van der Waals surface area (Å²) in [5.74, 6) is 0.0660. The third-order valence-corrected chi connectivity index (χ3v) is 5.27. The molecule has 1 saturated heterocycles. The van der Waals surface area contributed by atoms with Crippen molar-refractivity contribution in [3.63, 3.8) is 0 Å². The van der Waals surface area contributed by atoms with E-state index in [0.717, 1.165) is 35.7 Å². The molecule has 0 aromatic heterocycles. The van der Waals surface area contributed by atoms with Gasteiger partial charge < -0.3 is 0 Å². The van der Waals surface area contributed by atoms with Gasteiger partial charge in [0.2, 0.25) is 11.8 Å². The van der Waals surface area contributed by atoms with Crippen molar-refractivity contribution in [2.45, 2.75) is 51.5 Å². The molecule has 1 aromatic rings. The number of likely N-dealkylation sites (tertiary alicyclic amines) is 1. The lowest BCUT2D eigenvalue weighted by molar-refractivity contribution is -0.142. The molecule has 3 rings (SSSR count). The number of hydrogen-bond acceptors (Lipinski definition) is 2. The van der Waals surface area contributed by atoms with Crippen LogP contribution in [0.4, 0.5) is 0 Å². The fraction of sp³-hybridized carbons (Fsp3) is 0.529. The molecular weight excluding hydrogens is 330 g/mol. The molecule has 2 fully saturated rings. The van der Waals surface area contributed by atoms with Crippen LogP contribution in [0.1, 0.15) is 50.5 Å². The Bertz CT molecular complexity index is 562. The predicted octanol–water partition coefficient (Wildman–Crippen LogP) is 4.05. The molecular formula is C17H20BrNO2. The van der Waals surface area contributed by atoms with E-state index in [1.54, 1.807) is 0 Å². The molecule has 112 valence electrons. The zero-order valence-corrected chi connectivity index (χ0v) is 13.7. The summed E-state index contributed by atoms with van der Waals surface area (Å²) in [5, 5.41) is 0. The van der Waals surface area contributed by atoms with Gasteiger partial charge in [-0.1, -0.05) is 53.7 Å². The number of halogens is 1. The summed E-state index contributed by atoms with van der Waals surface area (Å²) < 4.78 is 0.975. The third-order valence-electron chi connectivity index (χ3n) is 4.78. The zero-order valence-electron chi connectivity index (χ0n) is 12.1. The predicted molar refractivity (Wildman–Crippen MR) is 84.5 cm³/mol. The summed E-state index contributed by atoms with van der Waals surface area (Å²) in [7, 11) is 0. The van der Waals surface area contributed by atoms with Gasteiger partial charge in [-0.2, -0.15) is 0 Å². The van der Waals surface area contributed by atoms with Crippen LogP contribution >= 0.6 is 15.9 Å². The van der Waals surface area contributed by atoms with Crippen molar-refractivity contribution in [1.29, 1.82) is 0 Å². The minimum absolute atomic E-state index is 0.00174. The van der Waals surface area contributed by atoms with Gasteiger partial charge in [0.05, 0.1) is 12.0 Å². The maximum absolute atomic E-state index is 12.8. The molecule has 1 aromatic carbocycles. The summed E-state index contributed by atoms with van der Waals surface area (Å²) in [6.45, 7) is 0.402. The van der Waals surface area contributed by atoms with E-state index >= 15 is 0 Å². The number of benzene rings is 1. The quantitative estimate of drug-likeness (QED) is 0.755. The van der Waals surface area contributed by atoms with Crippen molar-refractivity contribution < 1.29 is 9.59 Å². The molecule has 0 atom stereocenters. The smallest absolute Gasteiger partial charge is 0.236 e. The molecule has 0 unspecified atom stereocenters. The number of rotatable bonds is 2. The van der Waals surface area contributed by atoms with Gasteiger partial charge in [-0.05, 0) is 30.5 Å². The highest BCUT2D eigenvalue weighted by atomic mass is 79.9. The third kappa shape index (κ3) is 2.91. The van der Waals surface area contributed by atoms with Crippen molar-refractivity contribution in [3.8, 4) is 0 Å². The SMILES string of the molecule is O=C1CC2(CCCCCC2)C(=O)N1Cc1cccc(Br)c1. The van der Waals surface area contributed by atoms with E-state index in [1.807, 2.05) is 24.3 Å². The van der Waals surface area contributed by atoms with Gasteiger partial charge in [-0.3, -0.25) is 14.5 Å². The van der Waals surface area contributed by atoms with Crippen molar-refractivity contribution in [2.75, 3.05) is 0 Å². The first-order chi connectivity index (χ1) is 10.1. The van der Waals surface area contributed by atoms with Crippen LogP contribution in [0.15, 0.2) is 28.7 Å². The summed E-state index contributed by atoms with van der Waals surface area (Å²) in [4.78, 5) is 26.7. The van der Waals surface area contributed by atoms with Gasteiger partial charge in [0.15, 0.2) is 0 Å². The Hall–Kier alpha value is -1.16. The zero-order chi connectivity index (χ0) is 14.9. The van der Waals surface area contributed by atoms with E-state index in [0.29, 0.717) is 13.0 Å². The van der Waals surface area contributed by atoms with Gasteiger partial charge in [-0.15, -0.1) is 0 Å². The molecule has 0 radical (unpaired) electrons. The van der Waals surface area contributed by atoms with Crippen molar-refractivity contribution in [1.82, 2.24) is 4.90 Å². The second kappa shape index (κ2) is 5.91. The molecule has 2 amide bonds. The van der Waals surface area contributed by atoms with E-state index in [9.17, 15) is 9.59 Å². The number of carbonyl (C=O) groups is 2. The normalized spacial score (nSPS) is 21.9. The molecule has 0 bridgehead atoms. The fourth-order valence-electron chi connectivity index (χ4n) is 3.63. The average Bonchev–Trinajstić information content (AvgIpc) is 2.63. The molecule has 2 aliphatic rings. The molecule has 21 heavy (non-hydrogen) atoms. The molecule has 1 aliphatic carbocycles. The number of nitrogens with zero attached hydrogens (tertiary/aromatic N) is 1. The first-order valence-corrected chi connectivity index (χ1v) is 8.49. The van der Waals surface area contributed by atoms with E-state index in [4.69, 9.17) is 0 Å². The van der Waals surface area contributed by atoms with Crippen LogP contribution in [0.5, 0.6) is 0 Å². The first-order valence-electron chi connectivity index (χ1n) is 7.70. The van der Waals surface area contributed by atoms with Crippen LogP contribution in [0.25, 0.3) is 0 Å². The highest BCUT2D eigenvalue weighted by molar-refractivity contribution is 9.10. The first kappa shape index (κ1) is 14.8. The van der Waals surface area contributed by atoms with Crippen molar-refractivity contribution in [3.05, 3.63) is 34.3 Å². The minimum Gasteiger partial charge on any atom is -0.278 e. The van der Waals surface area contributed by atoms with E-state index in [-0.39, 0.29) is 17.2 Å². The van der Waals surface area contributed by atoms with Gasteiger partial charge in [0, 0.05) is 10.9 Å². The lowest BCUT2D eigenvalue weighted by atomic mass is 9.79. The maximum Gasteiger partial charge on any atom is 0.236 e. The Balaban J connectivity index is 1.80. The molecule has 1 aliphatic heterocycles. The summed E-state index contributed by atoms with van der Waals surface area (Å²) in [5.41, 5.74) is 0.608. The second-order valence-corrected chi connectivity index (χ2v) is 7.20. The number of carbonyl (C=O) groups excluding carboxylic acids is 2. The van der Waals surface area contributed by atoms with Crippen LogP contribution in [-0.4, -0.2) is 16.7 Å². The largest absolute Gasteiger partial charge is 0.278 e. The van der Waals surface area contributed by atoms with E-state index < -0.39 is 0 Å². The minimum atomic E-state index is -0.389. The Morgan fingerprint density at radius 3 is 2.48 bits per heavy atom. The Morgan fingerprint density at radius 1 is 1.10 bits per heavy atom. The van der Waals surface area contributed by atoms with Gasteiger partial charge in [0.25, 0.3) is 0 Å². The van der Waals surface area contributed by atoms with E-state index in [2.05, 4.69) is 15.9 Å². The Morgan fingerprint density at radius 2 is 1.81 bits per heavy atom. The summed E-state index contributed by atoms with van der Waals surface area (Å²) in [6.07, 6.45) is 6.70. The van der Waals surface area contributed by atoms with Crippen LogP contribution in [0, 0.1) is 5.41 Å². The highest BCUT2D eigenvalue weighted by Crippen LogP contribution is 2.44. The second-order valence-electron chi connectivity index (χ2n) is 6.29. The number of hydrogen-bond donors (Lipinski definition) is 0. The topological polar surface area (TPSA) is 37.4 Å². The fourth-order valence-corrected chi connectivity index (χ4v) is 4.08. The lowest BCUT2D eigenvalue weighted by Gasteiger charge is -2.25. The Labute approximate surface area is 133 Å². The molecule has 1 spiro atoms. The summed E-state index contributed by atoms with van der Waals surface area (Å²) >= 11 is 3.43.